The maximum absolute atomic E-state index is 12.4. The lowest BCUT2D eigenvalue weighted by molar-refractivity contribution is -0.141. The molecule has 0 amide bonds. The smallest absolute Gasteiger partial charge is 0.435 e. The molecule has 0 saturated carbocycles. The van der Waals surface area contributed by atoms with E-state index in [1.54, 1.807) is 18.2 Å². The third-order valence-electron chi connectivity index (χ3n) is 2.15. The van der Waals surface area contributed by atoms with Crippen molar-refractivity contribution in [1.29, 1.82) is 0 Å². The normalized spacial score (nSPS) is 11.0. The minimum absolute atomic E-state index is 0. The first-order chi connectivity index (χ1) is 8.36. The van der Waals surface area contributed by atoms with Crippen molar-refractivity contribution in [3.05, 3.63) is 41.0 Å². The van der Waals surface area contributed by atoms with E-state index in [1.807, 2.05) is 0 Å². The van der Waals surface area contributed by atoms with Gasteiger partial charge in [0.05, 0.1) is 0 Å². The van der Waals surface area contributed by atoms with Gasteiger partial charge in [-0.3, -0.25) is 0 Å². The standard InChI is InChI=1S/C11H8ClF3N2O.ClH/c1-17-10(6-9(16-17)11(13,14)15)18-8-4-2-3-7(12)5-8;/h2-6H,1H3;1H. The monoisotopic (exact) mass is 312 g/mol. The molecule has 1 aromatic carbocycles. The van der Waals surface area contributed by atoms with Crippen molar-refractivity contribution in [2.45, 2.75) is 6.18 Å². The molecule has 0 bridgehead atoms. The minimum Gasteiger partial charge on any atom is -0.439 e. The topological polar surface area (TPSA) is 27.1 Å². The Kier molecular flexibility index (Phi) is 4.70. The van der Waals surface area contributed by atoms with E-state index in [0.29, 0.717) is 10.8 Å². The molecule has 104 valence electrons. The molecular weight excluding hydrogens is 304 g/mol. The largest absolute Gasteiger partial charge is 0.439 e. The third-order valence-corrected chi connectivity index (χ3v) is 2.38. The maximum Gasteiger partial charge on any atom is 0.435 e. The van der Waals surface area contributed by atoms with Gasteiger partial charge in [-0.2, -0.15) is 18.3 Å². The Bertz CT molecular complexity index is 569. The van der Waals surface area contributed by atoms with E-state index in [9.17, 15) is 13.2 Å². The molecule has 0 aliphatic rings. The highest BCUT2D eigenvalue weighted by Crippen LogP contribution is 2.32. The molecule has 0 radical (unpaired) electrons. The zero-order valence-electron chi connectivity index (χ0n) is 9.61. The van der Waals surface area contributed by atoms with Crippen molar-refractivity contribution < 1.29 is 17.9 Å². The molecule has 19 heavy (non-hydrogen) atoms. The van der Waals surface area contributed by atoms with Crippen molar-refractivity contribution in [2.24, 2.45) is 7.05 Å². The van der Waals surface area contributed by atoms with Crippen LogP contribution in [-0.2, 0) is 13.2 Å². The van der Waals surface area contributed by atoms with E-state index < -0.39 is 11.9 Å². The van der Waals surface area contributed by atoms with Crippen molar-refractivity contribution in [3.8, 4) is 11.6 Å². The highest BCUT2D eigenvalue weighted by Gasteiger charge is 2.35. The van der Waals surface area contributed by atoms with Crippen LogP contribution in [0.25, 0.3) is 0 Å². The Balaban J connectivity index is 0.00000180. The Hall–Kier alpha value is -1.40. The summed E-state index contributed by atoms with van der Waals surface area (Å²) < 4.78 is 43.6. The van der Waals surface area contributed by atoms with E-state index in [1.165, 1.54) is 13.1 Å². The Morgan fingerprint density at radius 3 is 2.47 bits per heavy atom. The van der Waals surface area contributed by atoms with Crippen LogP contribution in [0.4, 0.5) is 13.2 Å². The number of alkyl halides is 3. The molecule has 0 N–H and O–H groups in total. The fourth-order valence-corrected chi connectivity index (χ4v) is 1.52. The van der Waals surface area contributed by atoms with Crippen LogP contribution in [0, 0.1) is 0 Å². The van der Waals surface area contributed by atoms with Gasteiger partial charge in [0.25, 0.3) is 0 Å². The molecule has 1 heterocycles. The Morgan fingerprint density at radius 2 is 1.95 bits per heavy atom. The van der Waals surface area contributed by atoms with Gasteiger partial charge in [-0.25, -0.2) is 4.68 Å². The number of aromatic nitrogens is 2. The number of halogens is 5. The van der Waals surface area contributed by atoms with E-state index in [2.05, 4.69) is 5.10 Å². The van der Waals surface area contributed by atoms with Gasteiger partial charge >= 0.3 is 6.18 Å². The summed E-state index contributed by atoms with van der Waals surface area (Å²) in [6, 6.07) is 7.20. The van der Waals surface area contributed by atoms with Crippen LogP contribution in [0.1, 0.15) is 5.69 Å². The number of benzene rings is 1. The SMILES string of the molecule is Cl.Cn1nc(C(F)(F)F)cc1Oc1cccc(Cl)c1. The molecule has 0 atom stereocenters. The van der Waals surface area contributed by atoms with Gasteiger partial charge < -0.3 is 4.74 Å². The van der Waals surface area contributed by atoms with Gasteiger partial charge in [-0.05, 0) is 18.2 Å². The van der Waals surface area contributed by atoms with Crippen molar-refractivity contribution >= 4 is 24.0 Å². The Labute approximate surface area is 118 Å². The number of hydrogen-bond acceptors (Lipinski definition) is 2. The van der Waals surface area contributed by atoms with Crippen LogP contribution in [0.3, 0.4) is 0 Å². The second-order valence-electron chi connectivity index (χ2n) is 3.55. The first-order valence-electron chi connectivity index (χ1n) is 4.91. The zero-order valence-corrected chi connectivity index (χ0v) is 11.2. The number of nitrogens with zero attached hydrogens (tertiary/aromatic N) is 2. The van der Waals surface area contributed by atoms with E-state index in [4.69, 9.17) is 16.3 Å². The molecule has 2 aromatic rings. The molecule has 3 nitrogen and oxygen atoms in total. The highest BCUT2D eigenvalue weighted by molar-refractivity contribution is 6.30. The van der Waals surface area contributed by atoms with Crippen LogP contribution in [0.5, 0.6) is 11.6 Å². The first kappa shape index (κ1) is 15.7. The quantitative estimate of drug-likeness (QED) is 0.826. The van der Waals surface area contributed by atoms with Gasteiger partial charge in [-0.15, -0.1) is 12.4 Å². The number of aryl methyl sites for hydroxylation is 1. The summed E-state index contributed by atoms with van der Waals surface area (Å²) >= 11 is 5.75. The lowest BCUT2D eigenvalue weighted by Crippen LogP contribution is -2.06. The van der Waals surface area contributed by atoms with Gasteiger partial charge in [0.2, 0.25) is 5.88 Å². The van der Waals surface area contributed by atoms with Crippen molar-refractivity contribution in [2.75, 3.05) is 0 Å². The van der Waals surface area contributed by atoms with Crippen LogP contribution >= 0.6 is 24.0 Å². The molecule has 0 saturated heterocycles. The minimum atomic E-state index is -4.49. The molecule has 2 rings (SSSR count). The average molecular weight is 313 g/mol. The van der Waals surface area contributed by atoms with E-state index >= 15 is 0 Å². The van der Waals surface area contributed by atoms with E-state index in [-0.39, 0.29) is 18.3 Å². The summed E-state index contributed by atoms with van der Waals surface area (Å²) in [5, 5.41) is 3.77. The summed E-state index contributed by atoms with van der Waals surface area (Å²) in [5.74, 6) is 0.337. The van der Waals surface area contributed by atoms with Crippen LogP contribution < -0.4 is 4.74 Å². The number of ether oxygens (including phenoxy) is 1. The van der Waals surface area contributed by atoms with Gasteiger partial charge in [0, 0.05) is 18.1 Å². The first-order valence-corrected chi connectivity index (χ1v) is 5.29. The summed E-state index contributed by atoms with van der Waals surface area (Å²) in [4.78, 5) is 0. The summed E-state index contributed by atoms with van der Waals surface area (Å²) in [5.41, 5.74) is -0.998. The fourth-order valence-electron chi connectivity index (χ4n) is 1.34. The van der Waals surface area contributed by atoms with Crippen LogP contribution in [-0.4, -0.2) is 9.78 Å². The highest BCUT2D eigenvalue weighted by atomic mass is 35.5. The molecule has 0 spiro atoms. The van der Waals surface area contributed by atoms with E-state index in [0.717, 1.165) is 10.7 Å². The second-order valence-corrected chi connectivity index (χ2v) is 3.99. The molecule has 0 aliphatic heterocycles. The van der Waals surface area contributed by atoms with Crippen LogP contribution in [0.15, 0.2) is 30.3 Å². The number of rotatable bonds is 2. The van der Waals surface area contributed by atoms with Gasteiger partial charge in [0.1, 0.15) is 5.75 Å². The summed E-state index contributed by atoms with van der Waals surface area (Å²) in [7, 11) is 1.37. The van der Waals surface area contributed by atoms with Crippen molar-refractivity contribution in [3.63, 3.8) is 0 Å². The third kappa shape index (κ3) is 3.78. The molecule has 0 unspecified atom stereocenters. The number of hydrogen-bond donors (Lipinski definition) is 0. The predicted octanol–water partition coefficient (Wildman–Crippen LogP) is 4.31. The molecular formula is C11H9Cl2F3N2O. The molecule has 0 fully saturated rings. The average Bonchev–Trinajstić information content (AvgIpc) is 2.60. The second kappa shape index (κ2) is 5.71. The lowest BCUT2D eigenvalue weighted by atomic mass is 10.3. The predicted molar refractivity (Wildman–Crippen MR) is 67.0 cm³/mol. The molecule has 0 aliphatic carbocycles. The molecule has 8 heteroatoms. The fraction of sp³-hybridized carbons (Fsp3) is 0.182. The lowest BCUT2D eigenvalue weighted by Gasteiger charge is -2.04. The zero-order chi connectivity index (χ0) is 13.3. The maximum atomic E-state index is 12.4. The Morgan fingerprint density at radius 1 is 1.26 bits per heavy atom. The molecule has 1 aromatic heterocycles. The summed E-state index contributed by atoms with van der Waals surface area (Å²) in [6.07, 6.45) is -4.49. The summed E-state index contributed by atoms with van der Waals surface area (Å²) in [6.45, 7) is 0. The van der Waals surface area contributed by atoms with Gasteiger partial charge in [0.15, 0.2) is 5.69 Å². The van der Waals surface area contributed by atoms with Gasteiger partial charge in [-0.1, -0.05) is 17.7 Å². The van der Waals surface area contributed by atoms with Crippen molar-refractivity contribution in [1.82, 2.24) is 9.78 Å². The van der Waals surface area contributed by atoms with Crippen LogP contribution in [0.2, 0.25) is 5.02 Å².